The highest BCUT2D eigenvalue weighted by Gasteiger charge is 2.25. The van der Waals surface area contributed by atoms with Gasteiger partial charge in [0.1, 0.15) is 5.69 Å². The van der Waals surface area contributed by atoms with E-state index in [1.165, 1.54) is 10.9 Å². The van der Waals surface area contributed by atoms with E-state index in [9.17, 15) is 4.79 Å². The number of halogens is 1. The van der Waals surface area contributed by atoms with Gasteiger partial charge in [0.05, 0.1) is 6.21 Å². The minimum Gasteiger partial charge on any atom is -0.378 e. The first-order valence-electron chi connectivity index (χ1n) is 8.73. The van der Waals surface area contributed by atoms with Gasteiger partial charge in [0.25, 0.3) is 5.91 Å². The summed E-state index contributed by atoms with van der Waals surface area (Å²) in [5.41, 5.74) is 11.1. The Labute approximate surface area is 175 Å². The molecule has 2 heterocycles. The molecule has 0 unspecified atom stereocenters. The van der Waals surface area contributed by atoms with E-state index >= 15 is 0 Å². The molecule has 0 radical (unpaired) electrons. The number of hydrogen-bond acceptors (Lipinski definition) is 8. The topological polar surface area (TPSA) is 137 Å². The number of amides is 1. The Morgan fingerprint density at radius 1 is 1.23 bits per heavy atom. The van der Waals surface area contributed by atoms with Crippen LogP contribution >= 0.6 is 11.6 Å². The smallest absolute Gasteiger partial charge is 0.294 e. The molecule has 2 aromatic heterocycles. The summed E-state index contributed by atoms with van der Waals surface area (Å²) in [7, 11) is 0. The minimum atomic E-state index is -0.565. The maximum absolute atomic E-state index is 12.8. The van der Waals surface area contributed by atoms with Crippen LogP contribution in [-0.4, -0.2) is 37.4 Å². The number of nitrogens with two attached hydrogens (primary N) is 1. The van der Waals surface area contributed by atoms with Gasteiger partial charge in [-0.1, -0.05) is 58.8 Å². The molecule has 0 aliphatic rings. The van der Waals surface area contributed by atoms with E-state index in [0.29, 0.717) is 16.3 Å². The monoisotopic (exact) mass is 422 g/mol. The van der Waals surface area contributed by atoms with Crippen LogP contribution in [-0.2, 0) is 0 Å². The fourth-order valence-electron chi connectivity index (χ4n) is 2.70. The van der Waals surface area contributed by atoms with Gasteiger partial charge in [-0.2, -0.15) is 9.78 Å². The second kappa shape index (κ2) is 8.13. The summed E-state index contributed by atoms with van der Waals surface area (Å²) in [4.78, 5) is 12.8. The first-order valence-corrected chi connectivity index (χ1v) is 9.11. The molecule has 150 valence electrons. The van der Waals surface area contributed by atoms with Crippen LogP contribution in [0.25, 0.3) is 17.1 Å². The predicted molar refractivity (Wildman–Crippen MR) is 110 cm³/mol. The Balaban J connectivity index is 1.69. The van der Waals surface area contributed by atoms with Gasteiger partial charge in [-0.05, 0) is 34.9 Å². The van der Waals surface area contributed by atoms with Crippen LogP contribution in [0.5, 0.6) is 0 Å². The predicted octanol–water partition coefficient (Wildman–Crippen LogP) is 2.63. The number of hydrazone groups is 1. The zero-order valence-corrected chi connectivity index (χ0v) is 16.4. The molecule has 2 aromatic carbocycles. The summed E-state index contributed by atoms with van der Waals surface area (Å²) in [5.74, 6) is -0.427. The number of nitrogens with one attached hydrogen (secondary N) is 1. The second-order valence-corrected chi connectivity index (χ2v) is 6.73. The Morgan fingerprint density at radius 2 is 2.03 bits per heavy atom. The third-order valence-corrected chi connectivity index (χ3v) is 4.37. The molecule has 0 saturated carbocycles. The molecule has 0 aliphatic heterocycles. The lowest BCUT2D eigenvalue weighted by Gasteiger charge is -2.06. The molecule has 0 atom stereocenters. The Morgan fingerprint density at radius 3 is 2.73 bits per heavy atom. The molecule has 30 heavy (non-hydrogen) atoms. The first-order chi connectivity index (χ1) is 14.5. The maximum Gasteiger partial charge on any atom is 0.294 e. The van der Waals surface area contributed by atoms with Gasteiger partial charge >= 0.3 is 0 Å². The molecule has 3 N–H and O–H groups in total. The molecular weight excluding hydrogens is 408 g/mol. The van der Waals surface area contributed by atoms with E-state index in [1.807, 2.05) is 31.2 Å². The van der Waals surface area contributed by atoms with Crippen molar-refractivity contribution in [3.05, 3.63) is 70.4 Å². The standard InChI is InChI=1S/C19H15ClN8O2/c1-11-5-7-13(8-6-11)16-15(23-27-28(16)18-17(21)25-30-26-18)19(29)24-22-10-12-3-2-4-14(20)9-12/h2-10H,1H3,(H2,21,25)(H,24,29). The van der Waals surface area contributed by atoms with E-state index in [1.54, 1.807) is 24.3 Å². The molecule has 4 aromatic rings. The van der Waals surface area contributed by atoms with Crippen LogP contribution < -0.4 is 11.2 Å². The zero-order chi connectivity index (χ0) is 21.1. The SMILES string of the molecule is Cc1ccc(-c2c(C(=O)NN=Cc3cccc(Cl)c3)nnn2-c2nonc2N)cc1. The molecule has 11 heteroatoms. The molecule has 0 bridgehead atoms. The van der Waals surface area contributed by atoms with Crippen LogP contribution in [0, 0.1) is 6.92 Å². The van der Waals surface area contributed by atoms with Crippen LogP contribution in [0.2, 0.25) is 5.02 Å². The Hall–Kier alpha value is -4.05. The number of rotatable bonds is 5. The zero-order valence-electron chi connectivity index (χ0n) is 15.7. The van der Waals surface area contributed by atoms with Crippen molar-refractivity contribution in [3.8, 4) is 17.1 Å². The molecule has 0 saturated heterocycles. The average molecular weight is 423 g/mol. The van der Waals surface area contributed by atoms with Gasteiger partial charge < -0.3 is 5.73 Å². The summed E-state index contributed by atoms with van der Waals surface area (Å²) in [6.07, 6.45) is 1.47. The normalized spacial score (nSPS) is 11.1. The lowest BCUT2D eigenvalue weighted by Crippen LogP contribution is -2.19. The van der Waals surface area contributed by atoms with Gasteiger partial charge in [-0.15, -0.1) is 5.10 Å². The third-order valence-electron chi connectivity index (χ3n) is 4.13. The fourth-order valence-corrected chi connectivity index (χ4v) is 2.90. The summed E-state index contributed by atoms with van der Waals surface area (Å²) < 4.78 is 5.95. The van der Waals surface area contributed by atoms with Gasteiger partial charge in [-0.3, -0.25) is 4.79 Å². The van der Waals surface area contributed by atoms with E-state index in [2.05, 4.69) is 35.8 Å². The number of carbonyl (C=O) groups excluding carboxylic acids is 1. The quantitative estimate of drug-likeness (QED) is 0.372. The Kier molecular flexibility index (Phi) is 5.22. The molecule has 10 nitrogen and oxygen atoms in total. The van der Waals surface area contributed by atoms with Crippen LogP contribution in [0.4, 0.5) is 5.82 Å². The van der Waals surface area contributed by atoms with Crippen molar-refractivity contribution >= 4 is 29.5 Å². The van der Waals surface area contributed by atoms with Crippen molar-refractivity contribution in [2.45, 2.75) is 6.92 Å². The van der Waals surface area contributed by atoms with Crippen LogP contribution in [0.3, 0.4) is 0 Å². The number of nitrogen functional groups attached to an aromatic ring is 1. The number of anilines is 1. The van der Waals surface area contributed by atoms with Crippen molar-refractivity contribution in [2.24, 2.45) is 5.10 Å². The van der Waals surface area contributed by atoms with Gasteiger partial charge in [0.2, 0.25) is 11.6 Å². The number of nitrogens with zero attached hydrogens (tertiary/aromatic N) is 6. The van der Waals surface area contributed by atoms with Crippen molar-refractivity contribution in [3.63, 3.8) is 0 Å². The molecule has 1 amide bonds. The van der Waals surface area contributed by atoms with E-state index in [-0.39, 0.29) is 17.3 Å². The van der Waals surface area contributed by atoms with E-state index in [4.69, 9.17) is 17.3 Å². The third kappa shape index (κ3) is 3.89. The summed E-state index contributed by atoms with van der Waals surface area (Å²) >= 11 is 5.95. The largest absolute Gasteiger partial charge is 0.378 e. The first kappa shape index (κ1) is 19.3. The van der Waals surface area contributed by atoms with Crippen molar-refractivity contribution < 1.29 is 9.42 Å². The van der Waals surface area contributed by atoms with Crippen LogP contribution in [0.1, 0.15) is 21.6 Å². The maximum atomic E-state index is 12.8. The fraction of sp³-hybridized carbons (Fsp3) is 0.0526. The number of aryl methyl sites for hydroxylation is 1. The molecule has 0 aliphatic carbocycles. The van der Waals surface area contributed by atoms with E-state index < -0.39 is 5.91 Å². The van der Waals surface area contributed by atoms with Crippen molar-refractivity contribution in [1.29, 1.82) is 0 Å². The minimum absolute atomic E-state index is 0.0131. The number of carbonyl (C=O) groups is 1. The van der Waals surface area contributed by atoms with Gasteiger partial charge in [0, 0.05) is 10.6 Å². The molecule has 4 rings (SSSR count). The molecular formula is C19H15ClN8O2. The number of hydrogen-bond donors (Lipinski definition) is 2. The summed E-state index contributed by atoms with van der Waals surface area (Å²) in [6.45, 7) is 1.96. The van der Waals surface area contributed by atoms with Crippen LogP contribution in [0.15, 0.2) is 58.3 Å². The van der Waals surface area contributed by atoms with Crippen molar-refractivity contribution in [1.82, 2.24) is 30.7 Å². The van der Waals surface area contributed by atoms with E-state index in [0.717, 1.165) is 11.1 Å². The summed E-state index contributed by atoms with van der Waals surface area (Å²) in [6, 6.07) is 14.5. The lowest BCUT2D eigenvalue weighted by atomic mass is 10.1. The lowest BCUT2D eigenvalue weighted by molar-refractivity contribution is 0.0950. The highest BCUT2D eigenvalue weighted by molar-refractivity contribution is 6.30. The number of benzene rings is 2. The summed E-state index contributed by atoms with van der Waals surface area (Å²) in [5, 5.41) is 19.8. The van der Waals surface area contributed by atoms with Gasteiger partial charge in [0.15, 0.2) is 5.69 Å². The second-order valence-electron chi connectivity index (χ2n) is 6.29. The number of aromatic nitrogens is 5. The highest BCUT2D eigenvalue weighted by Crippen LogP contribution is 2.26. The molecule has 0 spiro atoms. The average Bonchev–Trinajstić information content (AvgIpc) is 3.34. The molecule has 0 fully saturated rings. The van der Waals surface area contributed by atoms with Gasteiger partial charge in [-0.25, -0.2) is 10.1 Å². The highest BCUT2D eigenvalue weighted by atomic mass is 35.5. The van der Waals surface area contributed by atoms with Crippen molar-refractivity contribution in [2.75, 3.05) is 5.73 Å². The Bertz CT molecular complexity index is 1230.